The Balaban J connectivity index is 1.23. The third-order valence-electron chi connectivity index (χ3n) is 6.14. The maximum Gasteiger partial charge on any atom is 0.423 e. The highest BCUT2D eigenvalue weighted by Gasteiger charge is 2.38. The number of anilines is 2. The second-order valence-electron chi connectivity index (χ2n) is 8.67. The van der Waals surface area contributed by atoms with Crippen LogP contribution in [0.3, 0.4) is 0 Å². The first-order valence-corrected chi connectivity index (χ1v) is 11.4. The normalized spacial score (nSPS) is 20.8. The van der Waals surface area contributed by atoms with Crippen LogP contribution in [0, 0.1) is 0 Å². The molecule has 2 aliphatic heterocycles. The molecule has 2 atom stereocenters. The van der Waals surface area contributed by atoms with Crippen LogP contribution < -0.4 is 15.8 Å². The molecule has 37 heavy (non-hydrogen) atoms. The summed E-state index contributed by atoms with van der Waals surface area (Å²) in [5.41, 5.74) is -4.11. The summed E-state index contributed by atoms with van der Waals surface area (Å²) in [5.74, 6) is -0.0106. The summed E-state index contributed by atoms with van der Waals surface area (Å²) < 4.78 is 83.3. The Hall–Kier alpha value is -3.43. The van der Waals surface area contributed by atoms with Crippen LogP contribution in [-0.4, -0.2) is 75.9 Å². The smallest absolute Gasteiger partial charge is 0.380 e. The molecule has 0 unspecified atom stereocenters. The number of H-pyrrole nitrogens is 1. The number of hydrogen-bond acceptors (Lipinski definition) is 8. The molecule has 2 aliphatic rings. The lowest BCUT2D eigenvalue weighted by molar-refractivity contribution is -0.139. The second-order valence-corrected chi connectivity index (χ2v) is 8.67. The van der Waals surface area contributed by atoms with E-state index in [-0.39, 0.29) is 24.8 Å². The first kappa shape index (κ1) is 26.6. The topological polar surface area (TPSA) is 116 Å². The molecule has 10 nitrogen and oxygen atoms in total. The van der Waals surface area contributed by atoms with Crippen molar-refractivity contribution in [2.24, 2.45) is 0 Å². The fraction of sp³-hybridized carbons (Fsp3) is 0.571. The predicted molar refractivity (Wildman–Crippen MR) is 117 cm³/mol. The van der Waals surface area contributed by atoms with Gasteiger partial charge in [0.05, 0.1) is 36.1 Å². The van der Waals surface area contributed by atoms with Crippen molar-refractivity contribution >= 4 is 17.5 Å². The number of nitrogens with one attached hydrogen (secondary N) is 2. The number of rotatable bonds is 6. The van der Waals surface area contributed by atoms with Gasteiger partial charge >= 0.3 is 12.4 Å². The molecular weight excluding hydrogens is 512 g/mol. The zero-order valence-corrected chi connectivity index (χ0v) is 19.3. The number of alkyl halides is 6. The van der Waals surface area contributed by atoms with Gasteiger partial charge in [0.25, 0.3) is 5.56 Å². The fourth-order valence-corrected chi connectivity index (χ4v) is 4.23. The van der Waals surface area contributed by atoms with Crippen molar-refractivity contribution in [2.45, 2.75) is 43.8 Å². The average Bonchev–Trinajstić information content (AvgIpc) is 3.28. The lowest BCUT2D eigenvalue weighted by atomic mass is 10.1. The fourth-order valence-electron chi connectivity index (χ4n) is 4.23. The zero-order chi connectivity index (χ0) is 26.8. The van der Waals surface area contributed by atoms with Crippen LogP contribution >= 0.6 is 0 Å². The minimum absolute atomic E-state index is 0.00467. The molecule has 0 saturated carbocycles. The molecule has 2 saturated heterocycles. The van der Waals surface area contributed by atoms with Gasteiger partial charge < -0.3 is 19.9 Å². The number of nitrogens with zero attached hydrogens (tertiary/aromatic N) is 5. The molecule has 2 aromatic heterocycles. The first-order chi connectivity index (χ1) is 17.4. The van der Waals surface area contributed by atoms with Gasteiger partial charge in [-0.15, -0.1) is 0 Å². The molecule has 16 heteroatoms. The molecule has 0 radical (unpaired) electrons. The quantitative estimate of drug-likeness (QED) is 0.542. The zero-order valence-electron chi connectivity index (χ0n) is 19.3. The molecule has 0 spiro atoms. The Labute approximate surface area is 206 Å². The van der Waals surface area contributed by atoms with Crippen molar-refractivity contribution in [3.05, 3.63) is 40.1 Å². The largest absolute Gasteiger partial charge is 0.423 e. The van der Waals surface area contributed by atoms with Crippen molar-refractivity contribution in [1.29, 1.82) is 0 Å². The summed E-state index contributed by atoms with van der Waals surface area (Å²) in [6.45, 7) is 1.36. The number of ether oxygens (including phenoxy) is 1. The van der Waals surface area contributed by atoms with E-state index in [0.29, 0.717) is 39.0 Å². The molecule has 1 amide bonds. The molecule has 0 bridgehead atoms. The van der Waals surface area contributed by atoms with Crippen LogP contribution in [0.15, 0.2) is 23.4 Å². The van der Waals surface area contributed by atoms with Crippen LogP contribution in [0.4, 0.5) is 38.0 Å². The number of hydrogen-bond donors (Lipinski definition) is 2. The standard InChI is InChI=1S/C21H23F6N7O3/c22-20(23,24)12-8-29-19(30-9-12)34-5-3-33(4-6-34)16(35)7-13-1-2-14(37-13)10-28-15-11-31-32-18(36)17(15)21(25,26)27/h8-9,11,13-14H,1-7,10H2,(H2,28,32,36)/t13-,14-/m1/s1. The average molecular weight is 535 g/mol. The van der Waals surface area contributed by atoms with E-state index in [1.165, 1.54) is 0 Å². The maximum atomic E-state index is 13.2. The number of piperazine rings is 1. The summed E-state index contributed by atoms with van der Waals surface area (Å²) in [7, 11) is 0. The number of carbonyl (C=O) groups is 1. The molecule has 2 aromatic rings. The van der Waals surface area contributed by atoms with Crippen LogP contribution in [0.2, 0.25) is 0 Å². The molecule has 2 fully saturated rings. The highest BCUT2D eigenvalue weighted by atomic mass is 19.4. The van der Waals surface area contributed by atoms with Crippen LogP contribution in [0.1, 0.15) is 30.4 Å². The van der Waals surface area contributed by atoms with Gasteiger partial charge in [0.2, 0.25) is 11.9 Å². The second kappa shape index (κ2) is 10.5. The molecule has 0 aliphatic carbocycles. The SMILES string of the molecule is O=C(C[C@H]1CC[C@H](CNc2cn[nH]c(=O)c2C(F)(F)F)O1)N1CCN(c2ncc(C(F)(F)F)cn2)CC1. The number of aromatic amines is 1. The van der Waals surface area contributed by atoms with E-state index in [9.17, 15) is 35.9 Å². The number of amides is 1. The Morgan fingerprint density at radius 2 is 1.65 bits per heavy atom. The van der Waals surface area contributed by atoms with Crippen LogP contribution in [0.5, 0.6) is 0 Å². The highest BCUT2D eigenvalue weighted by molar-refractivity contribution is 5.77. The minimum atomic E-state index is -4.85. The summed E-state index contributed by atoms with van der Waals surface area (Å²) in [6, 6.07) is 0. The van der Waals surface area contributed by atoms with Crippen molar-refractivity contribution in [2.75, 3.05) is 42.9 Å². The van der Waals surface area contributed by atoms with Gasteiger partial charge in [-0.25, -0.2) is 15.1 Å². The summed E-state index contributed by atoms with van der Waals surface area (Å²) in [5, 5.41) is 7.73. The summed E-state index contributed by atoms with van der Waals surface area (Å²) in [4.78, 5) is 35.1. The van der Waals surface area contributed by atoms with Gasteiger partial charge in [-0.3, -0.25) is 9.59 Å². The van der Waals surface area contributed by atoms with Crippen molar-refractivity contribution in [3.63, 3.8) is 0 Å². The third kappa shape index (κ3) is 6.47. The van der Waals surface area contributed by atoms with Crippen molar-refractivity contribution < 1.29 is 35.9 Å². The highest BCUT2D eigenvalue weighted by Crippen LogP contribution is 2.32. The van der Waals surface area contributed by atoms with E-state index in [4.69, 9.17) is 4.74 Å². The first-order valence-electron chi connectivity index (χ1n) is 11.4. The molecule has 0 aromatic carbocycles. The Bertz CT molecular complexity index is 1150. The lowest BCUT2D eigenvalue weighted by Crippen LogP contribution is -2.49. The van der Waals surface area contributed by atoms with E-state index >= 15 is 0 Å². The van der Waals surface area contributed by atoms with Gasteiger partial charge in [-0.2, -0.15) is 31.4 Å². The molecule has 2 N–H and O–H groups in total. The Kier molecular flexibility index (Phi) is 7.57. The van der Waals surface area contributed by atoms with E-state index in [1.807, 2.05) is 0 Å². The Morgan fingerprint density at radius 1 is 1.00 bits per heavy atom. The lowest BCUT2D eigenvalue weighted by Gasteiger charge is -2.35. The van der Waals surface area contributed by atoms with Gasteiger partial charge in [-0.05, 0) is 12.8 Å². The van der Waals surface area contributed by atoms with E-state index in [2.05, 4.69) is 20.4 Å². The molecule has 202 valence electrons. The van der Waals surface area contributed by atoms with Gasteiger partial charge in [0.15, 0.2) is 0 Å². The van der Waals surface area contributed by atoms with Crippen molar-refractivity contribution in [3.8, 4) is 0 Å². The van der Waals surface area contributed by atoms with Gasteiger partial charge in [0.1, 0.15) is 5.56 Å². The molecular formula is C21H23F6N7O3. The van der Waals surface area contributed by atoms with E-state index in [0.717, 1.165) is 18.6 Å². The van der Waals surface area contributed by atoms with E-state index in [1.54, 1.807) is 14.9 Å². The summed E-state index contributed by atoms with van der Waals surface area (Å²) >= 11 is 0. The predicted octanol–water partition coefficient (Wildman–Crippen LogP) is 2.30. The maximum absolute atomic E-state index is 13.2. The summed E-state index contributed by atoms with van der Waals surface area (Å²) in [6.07, 6.45) is -6.76. The van der Waals surface area contributed by atoms with E-state index < -0.39 is 46.9 Å². The van der Waals surface area contributed by atoms with Gasteiger partial charge in [-0.1, -0.05) is 0 Å². The van der Waals surface area contributed by atoms with Gasteiger partial charge in [0, 0.05) is 45.1 Å². The third-order valence-corrected chi connectivity index (χ3v) is 6.14. The monoisotopic (exact) mass is 535 g/mol. The number of carbonyl (C=O) groups excluding carboxylic acids is 1. The number of halogens is 6. The number of aromatic nitrogens is 4. The Morgan fingerprint density at radius 3 is 2.27 bits per heavy atom. The van der Waals surface area contributed by atoms with Crippen LogP contribution in [0.25, 0.3) is 0 Å². The minimum Gasteiger partial charge on any atom is -0.380 e. The molecule has 4 heterocycles. The van der Waals surface area contributed by atoms with Crippen molar-refractivity contribution in [1.82, 2.24) is 25.1 Å². The van der Waals surface area contributed by atoms with Crippen LogP contribution in [-0.2, 0) is 21.9 Å². The molecule has 4 rings (SSSR count).